The SMILES string of the molecule is CC(C)c1cccc(OCC(=O)NC2CCCc3cc(N)ccc32)c1.Cl. The Kier molecular flexibility index (Phi) is 6.92. The number of ether oxygens (including phenoxy) is 1. The van der Waals surface area contributed by atoms with Crippen LogP contribution < -0.4 is 15.8 Å². The Morgan fingerprint density at radius 2 is 2.08 bits per heavy atom. The Hall–Kier alpha value is -2.20. The molecule has 0 aromatic heterocycles. The lowest BCUT2D eigenvalue weighted by molar-refractivity contribution is -0.123. The van der Waals surface area contributed by atoms with E-state index in [-0.39, 0.29) is 31.0 Å². The number of nitrogen functional groups attached to an aromatic ring is 1. The van der Waals surface area contributed by atoms with Gasteiger partial charge in [0.15, 0.2) is 6.61 Å². The van der Waals surface area contributed by atoms with Crippen molar-refractivity contribution in [1.82, 2.24) is 5.32 Å². The van der Waals surface area contributed by atoms with E-state index in [0.29, 0.717) is 5.92 Å². The first kappa shape index (κ1) is 20.1. The highest BCUT2D eigenvalue weighted by Crippen LogP contribution is 2.31. The molecule has 1 unspecified atom stereocenters. The fourth-order valence-corrected chi connectivity index (χ4v) is 3.33. The van der Waals surface area contributed by atoms with Crippen molar-refractivity contribution in [2.45, 2.75) is 45.1 Å². The summed E-state index contributed by atoms with van der Waals surface area (Å²) in [4.78, 5) is 12.3. The molecule has 0 fully saturated rings. The molecule has 2 aromatic rings. The number of rotatable bonds is 5. The van der Waals surface area contributed by atoms with E-state index in [2.05, 4.69) is 25.2 Å². The van der Waals surface area contributed by atoms with Gasteiger partial charge < -0.3 is 15.8 Å². The maximum Gasteiger partial charge on any atom is 0.258 e. The Morgan fingerprint density at radius 1 is 1.27 bits per heavy atom. The topological polar surface area (TPSA) is 64.3 Å². The van der Waals surface area contributed by atoms with Crippen LogP contribution in [0.3, 0.4) is 0 Å². The van der Waals surface area contributed by atoms with E-state index in [0.717, 1.165) is 30.7 Å². The monoisotopic (exact) mass is 374 g/mol. The molecule has 0 saturated carbocycles. The fraction of sp³-hybridized carbons (Fsp3) is 0.381. The lowest BCUT2D eigenvalue weighted by atomic mass is 9.87. The van der Waals surface area contributed by atoms with Gasteiger partial charge in [-0.1, -0.05) is 32.0 Å². The maximum absolute atomic E-state index is 12.3. The quantitative estimate of drug-likeness (QED) is 0.763. The molecular formula is C21H27ClN2O2. The second-order valence-corrected chi connectivity index (χ2v) is 6.99. The first-order valence-corrected chi connectivity index (χ1v) is 8.93. The summed E-state index contributed by atoms with van der Waals surface area (Å²) in [7, 11) is 0. The molecular weight excluding hydrogens is 348 g/mol. The fourth-order valence-electron chi connectivity index (χ4n) is 3.33. The lowest BCUT2D eigenvalue weighted by Gasteiger charge is -2.26. The molecule has 0 heterocycles. The standard InChI is InChI=1S/C21H26N2O2.ClH/c1-14(2)15-5-3-7-18(12-15)25-13-21(24)23-20-8-4-6-16-11-17(22)9-10-19(16)20;/h3,5,7,9-12,14,20H,4,6,8,13,22H2,1-2H3,(H,23,24);1H. The molecule has 140 valence electrons. The number of nitrogens with two attached hydrogens (primary N) is 1. The number of carbonyl (C=O) groups excluding carboxylic acids is 1. The van der Waals surface area contributed by atoms with Crippen molar-refractivity contribution in [2.24, 2.45) is 0 Å². The van der Waals surface area contributed by atoms with E-state index in [1.54, 1.807) is 0 Å². The third-order valence-corrected chi connectivity index (χ3v) is 4.71. The smallest absolute Gasteiger partial charge is 0.258 e. The lowest BCUT2D eigenvalue weighted by Crippen LogP contribution is -2.34. The zero-order valence-corrected chi connectivity index (χ0v) is 16.1. The molecule has 4 nitrogen and oxygen atoms in total. The number of benzene rings is 2. The van der Waals surface area contributed by atoms with Crippen LogP contribution in [0, 0.1) is 0 Å². The number of anilines is 1. The minimum Gasteiger partial charge on any atom is -0.484 e. The summed E-state index contributed by atoms with van der Waals surface area (Å²) in [5.41, 5.74) is 10.3. The molecule has 26 heavy (non-hydrogen) atoms. The van der Waals surface area contributed by atoms with Crippen LogP contribution in [0.1, 0.15) is 55.3 Å². The number of hydrogen-bond acceptors (Lipinski definition) is 3. The van der Waals surface area contributed by atoms with Crippen molar-refractivity contribution >= 4 is 24.0 Å². The average molecular weight is 375 g/mol. The summed E-state index contributed by atoms with van der Waals surface area (Å²) < 4.78 is 5.68. The third kappa shape index (κ3) is 4.92. The summed E-state index contributed by atoms with van der Waals surface area (Å²) in [6.07, 6.45) is 3.02. The van der Waals surface area contributed by atoms with Crippen molar-refractivity contribution < 1.29 is 9.53 Å². The van der Waals surface area contributed by atoms with Gasteiger partial charge in [-0.25, -0.2) is 0 Å². The van der Waals surface area contributed by atoms with Crippen LogP contribution >= 0.6 is 12.4 Å². The molecule has 0 spiro atoms. The van der Waals surface area contributed by atoms with Crippen molar-refractivity contribution in [2.75, 3.05) is 12.3 Å². The zero-order chi connectivity index (χ0) is 17.8. The molecule has 3 rings (SSSR count). The minimum absolute atomic E-state index is 0. The highest BCUT2D eigenvalue weighted by molar-refractivity contribution is 5.85. The van der Waals surface area contributed by atoms with Gasteiger partial charge in [-0.15, -0.1) is 12.4 Å². The van der Waals surface area contributed by atoms with Crippen molar-refractivity contribution in [3.63, 3.8) is 0 Å². The van der Waals surface area contributed by atoms with Gasteiger partial charge in [0.2, 0.25) is 0 Å². The molecule has 5 heteroatoms. The van der Waals surface area contributed by atoms with E-state index >= 15 is 0 Å². The molecule has 0 saturated heterocycles. The van der Waals surface area contributed by atoms with Crippen LogP contribution in [0.15, 0.2) is 42.5 Å². The molecule has 0 radical (unpaired) electrons. The van der Waals surface area contributed by atoms with Crippen molar-refractivity contribution in [3.8, 4) is 5.75 Å². The number of amides is 1. The molecule has 1 atom stereocenters. The van der Waals surface area contributed by atoms with Crippen LogP contribution in [0.2, 0.25) is 0 Å². The second-order valence-electron chi connectivity index (χ2n) is 6.99. The van der Waals surface area contributed by atoms with E-state index in [1.165, 1.54) is 16.7 Å². The summed E-state index contributed by atoms with van der Waals surface area (Å²) in [5.74, 6) is 1.08. The normalized spacial score (nSPS) is 15.7. The zero-order valence-electron chi connectivity index (χ0n) is 15.3. The van der Waals surface area contributed by atoms with E-state index < -0.39 is 0 Å². The summed E-state index contributed by atoms with van der Waals surface area (Å²) >= 11 is 0. The Balaban J connectivity index is 0.00000243. The summed E-state index contributed by atoms with van der Waals surface area (Å²) in [6, 6.07) is 13.9. The Morgan fingerprint density at radius 3 is 2.85 bits per heavy atom. The molecule has 3 N–H and O–H groups in total. The van der Waals surface area contributed by atoms with Crippen LogP contribution in [-0.2, 0) is 11.2 Å². The highest BCUT2D eigenvalue weighted by atomic mass is 35.5. The Bertz CT molecular complexity index is 761. The van der Waals surface area contributed by atoms with Gasteiger partial charge in [-0.05, 0) is 66.1 Å². The predicted molar refractivity (Wildman–Crippen MR) is 108 cm³/mol. The first-order valence-electron chi connectivity index (χ1n) is 8.93. The van der Waals surface area contributed by atoms with Crippen LogP contribution in [-0.4, -0.2) is 12.5 Å². The molecule has 0 aliphatic heterocycles. The van der Waals surface area contributed by atoms with Crippen LogP contribution in [0.4, 0.5) is 5.69 Å². The number of aryl methyl sites for hydroxylation is 1. The van der Waals surface area contributed by atoms with E-state index in [1.807, 2.05) is 36.4 Å². The molecule has 2 aromatic carbocycles. The maximum atomic E-state index is 12.3. The second kappa shape index (κ2) is 8.95. The molecule has 1 aliphatic carbocycles. The number of hydrogen-bond donors (Lipinski definition) is 2. The molecule has 1 aliphatic rings. The van der Waals surface area contributed by atoms with Crippen LogP contribution in [0.5, 0.6) is 5.75 Å². The van der Waals surface area contributed by atoms with Crippen molar-refractivity contribution in [3.05, 3.63) is 59.2 Å². The number of nitrogens with one attached hydrogen (secondary N) is 1. The van der Waals surface area contributed by atoms with Crippen molar-refractivity contribution in [1.29, 1.82) is 0 Å². The summed E-state index contributed by atoms with van der Waals surface area (Å²) in [6.45, 7) is 4.31. The Labute approximate surface area is 161 Å². The van der Waals surface area contributed by atoms with E-state index in [4.69, 9.17) is 10.5 Å². The van der Waals surface area contributed by atoms with Gasteiger partial charge in [-0.3, -0.25) is 4.79 Å². The average Bonchev–Trinajstić information content (AvgIpc) is 2.60. The van der Waals surface area contributed by atoms with Crippen LogP contribution in [0.25, 0.3) is 0 Å². The number of carbonyl (C=O) groups is 1. The largest absolute Gasteiger partial charge is 0.484 e. The number of halogens is 1. The van der Waals surface area contributed by atoms with Gasteiger partial charge in [-0.2, -0.15) is 0 Å². The molecule has 1 amide bonds. The van der Waals surface area contributed by atoms with E-state index in [9.17, 15) is 4.79 Å². The third-order valence-electron chi connectivity index (χ3n) is 4.71. The van der Waals surface area contributed by atoms with Gasteiger partial charge >= 0.3 is 0 Å². The minimum atomic E-state index is -0.0929. The van der Waals surface area contributed by atoms with Gasteiger partial charge in [0.1, 0.15) is 5.75 Å². The van der Waals surface area contributed by atoms with Gasteiger partial charge in [0.25, 0.3) is 5.91 Å². The van der Waals surface area contributed by atoms with Gasteiger partial charge in [0.05, 0.1) is 6.04 Å². The summed E-state index contributed by atoms with van der Waals surface area (Å²) in [5, 5.41) is 3.10. The van der Waals surface area contributed by atoms with Gasteiger partial charge in [0, 0.05) is 5.69 Å². The molecule has 0 bridgehead atoms. The predicted octanol–water partition coefficient (Wildman–Crippen LogP) is 4.39. The highest BCUT2D eigenvalue weighted by Gasteiger charge is 2.22. The first-order chi connectivity index (χ1) is 12.0. The number of fused-ring (bicyclic) bond motifs is 1.